The molecule has 1 amide bonds. The minimum atomic E-state index is -0.157. The van der Waals surface area contributed by atoms with Crippen LogP contribution >= 0.6 is 0 Å². The van der Waals surface area contributed by atoms with Gasteiger partial charge in [0, 0.05) is 26.2 Å². The van der Waals surface area contributed by atoms with Crippen molar-refractivity contribution >= 4 is 11.8 Å². The average Bonchev–Trinajstić information content (AvgIpc) is 3.50. The quantitative estimate of drug-likeness (QED) is 0.588. The molecule has 2 heterocycles. The molecule has 6 heteroatoms. The van der Waals surface area contributed by atoms with E-state index < -0.39 is 0 Å². The maximum atomic E-state index is 12.7. The van der Waals surface area contributed by atoms with Crippen LogP contribution in [0.5, 0.6) is 5.75 Å². The van der Waals surface area contributed by atoms with Crippen LogP contribution in [-0.2, 0) is 0 Å². The Labute approximate surface area is 181 Å². The first-order valence-electron chi connectivity index (χ1n) is 10.7. The normalized spacial score (nSPS) is 22.4. The van der Waals surface area contributed by atoms with Crippen molar-refractivity contribution in [1.29, 1.82) is 0 Å². The molecule has 2 aromatic carbocycles. The van der Waals surface area contributed by atoms with Crippen LogP contribution in [0.4, 0.5) is 4.79 Å². The number of carbonyl (C=O) groups excluding carboxylic acids is 2. The lowest BCUT2D eigenvalue weighted by molar-refractivity contribution is 0.101. The van der Waals surface area contributed by atoms with Gasteiger partial charge in [0.1, 0.15) is 11.4 Å². The highest BCUT2D eigenvalue weighted by molar-refractivity contribution is 5.92. The molecule has 1 unspecified atom stereocenters. The zero-order valence-corrected chi connectivity index (χ0v) is 17.5. The van der Waals surface area contributed by atoms with Crippen LogP contribution in [0.3, 0.4) is 0 Å². The molecule has 3 aromatic rings. The van der Waals surface area contributed by atoms with Crippen molar-refractivity contribution in [3.05, 3.63) is 72.6 Å². The van der Waals surface area contributed by atoms with Gasteiger partial charge >= 0.3 is 6.03 Å². The molecule has 158 valence electrons. The zero-order valence-electron chi connectivity index (χ0n) is 17.5. The molecule has 1 aromatic heterocycles. The summed E-state index contributed by atoms with van der Waals surface area (Å²) in [6.45, 7) is 2.88. The fourth-order valence-electron chi connectivity index (χ4n) is 4.81. The number of ether oxygens (including phenoxy) is 1. The maximum absolute atomic E-state index is 12.7. The lowest BCUT2D eigenvalue weighted by Gasteiger charge is -2.20. The smallest absolute Gasteiger partial charge is 0.344 e. The van der Waals surface area contributed by atoms with Crippen molar-refractivity contribution in [2.45, 2.75) is 25.9 Å². The number of hydrogen-bond acceptors (Lipinski definition) is 4. The largest absolute Gasteiger partial charge is 0.490 e. The molecule has 3 atom stereocenters. The standard InChI is InChI=1S/C25H25N3O3/c1-17(29)24-11-12-28(26-24)25(30)27-15-20-13-23(14-21(20)16-27)31-22-9-7-19(8-10-22)18-5-3-2-4-6-18/h2-12,20-21,23H,13-16H2,1H3/t20-,21+,23?. The van der Waals surface area contributed by atoms with E-state index in [-0.39, 0.29) is 17.9 Å². The predicted molar refractivity (Wildman–Crippen MR) is 117 cm³/mol. The number of aromatic nitrogens is 2. The molecule has 0 radical (unpaired) electrons. The third kappa shape index (κ3) is 3.98. The van der Waals surface area contributed by atoms with Crippen molar-refractivity contribution in [2.24, 2.45) is 11.8 Å². The molecule has 1 saturated carbocycles. The number of fused-ring (bicyclic) bond motifs is 1. The number of rotatable bonds is 4. The van der Waals surface area contributed by atoms with Gasteiger partial charge in [0.15, 0.2) is 5.78 Å². The molecule has 1 aliphatic carbocycles. The Hall–Kier alpha value is -3.41. The summed E-state index contributed by atoms with van der Waals surface area (Å²) in [6, 6.07) is 20.0. The Kier molecular flexibility index (Phi) is 5.06. The fourth-order valence-corrected chi connectivity index (χ4v) is 4.81. The monoisotopic (exact) mass is 415 g/mol. The van der Waals surface area contributed by atoms with Gasteiger partial charge in [-0.15, -0.1) is 0 Å². The van der Waals surface area contributed by atoms with Gasteiger partial charge in [0.05, 0.1) is 6.10 Å². The topological polar surface area (TPSA) is 64.4 Å². The van der Waals surface area contributed by atoms with E-state index in [1.54, 1.807) is 12.3 Å². The van der Waals surface area contributed by atoms with Crippen molar-refractivity contribution in [3.63, 3.8) is 0 Å². The second kappa shape index (κ2) is 8.02. The van der Waals surface area contributed by atoms with Gasteiger partial charge in [-0.3, -0.25) is 4.79 Å². The molecular weight excluding hydrogens is 390 g/mol. The Morgan fingerprint density at radius 1 is 0.903 bits per heavy atom. The lowest BCUT2D eigenvalue weighted by Crippen LogP contribution is -2.34. The molecule has 1 saturated heterocycles. The fraction of sp³-hybridized carbons (Fsp3) is 0.320. The van der Waals surface area contributed by atoms with Crippen LogP contribution in [0.1, 0.15) is 30.3 Å². The SMILES string of the molecule is CC(=O)c1ccn(C(=O)N2C[C@H]3CC(Oc4ccc(-c5ccccc5)cc4)C[C@H]3C2)n1. The first-order chi connectivity index (χ1) is 15.1. The Balaban J connectivity index is 1.17. The van der Waals surface area contributed by atoms with Gasteiger partial charge in [-0.2, -0.15) is 9.78 Å². The molecule has 0 bridgehead atoms. The van der Waals surface area contributed by atoms with E-state index in [9.17, 15) is 9.59 Å². The summed E-state index contributed by atoms with van der Waals surface area (Å²) in [5.41, 5.74) is 2.69. The van der Waals surface area contributed by atoms with Crippen LogP contribution in [0.25, 0.3) is 11.1 Å². The van der Waals surface area contributed by atoms with E-state index in [1.807, 2.05) is 35.2 Å². The molecule has 5 rings (SSSR count). The number of hydrogen-bond donors (Lipinski definition) is 0. The average molecular weight is 415 g/mol. The van der Waals surface area contributed by atoms with E-state index in [4.69, 9.17) is 4.74 Å². The minimum Gasteiger partial charge on any atom is -0.490 e. The van der Waals surface area contributed by atoms with Crippen LogP contribution in [0.15, 0.2) is 66.9 Å². The van der Waals surface area contributed by atoms with Crippen LogP contribution in [-0.4, -0.2) is 45.7 Å². The molecule has 6 nitrogen and oxygen atoms in total. The summed E-state index contributed by atoms with van der Waals surface area (Å²) in [4.78, 5) is 26.0. The van der Waals surface area contributed by atoms with Crippen LogP contribution < -0.4 is 4.74 Å². The first-order valence-corrected chi connectivity index (χ1v) is 10.7. The van der Waals surface area contributed by atoms with Gasteiger partial charge in [0.2, 0.25) is 0 Å². The maximum Gasteiger partial charge on any atom is 0.344 e. The predicted octanol–water partition coefficient (Wildman–Crippen LogP) is 4.51. The van der Waals surface area contributed by atoms with E-state index in [2.05, 4.69) is 29.4 Å². The second-order valence-corrected chi connectivity index (χ2v) is 8.51. The summed E-state index contributed by atoms with van der Waals surface area (Å²) < 4.78 is 7.53. The summed E-state index contributed by atoms with van der Waals surface area (Å²) in [5, 5.41) is 4.10. The number of likely N-dealkylation sites (tertiary alicyclic amines) is 1. The molecule has 31 heavy (non-hydrogen) atoms. The third-order valence-corrected chi connectivity index (χ3v) is 6.39. The number of carbonyl (C=O) groups is 2. The van der Waals surface area contributed by atoms with Gasteiger partial charge in [0.25, 0.3) is 0 Å². The minimum absolute atomic E-state index is 0.137. The number of benzene rings is 2. The van der Waals surface area contributed by atoms with Crippen LogP contribution in [0, 0.1) is 11.8 Å². The number of amides is 1. The molecule has 0 N–H and O–H groups in total. The van der Waals surface area contributed by atoms with Gasteiger partial charge in [-0.25, -0.2) is 4.79 Å². The van der Waals surface area contributed by atoms with Crippen molar-refractivity contribution in [1.82, 2.24) is 14.7 Å². The highest BCUT2D eigenvalue weighted by atomic mass is 16.5. The van der Waals surface area contributed by atoms with Gasteiger partial charge in [-0.05, 0) is 54.0 Å². The third-order valence-electron chi connectivity index (χ3n) is 6.39. The van der Waals surface area contributed by atoms with Crippen molar-refractivity contribution < 1.29 is 14.3 Å². The van der Waals surface area contributed by atoms with E-state index in [0.29, 0.717) is 30.6 Å². The molecule has 2 aliphatic rings. The molecule has 0 spiro atoms. The Bertz CT molecular complexity index is 1080. The van der Waals surface area contributed by atoms with Crippen molar-refractivity contribution in [3.8, 4) is 16.9 Å². The van der Waals surface area contributed by atoms with E-state index in [0.717, 1.165) is 18.6 Å². The summed E-state index contributed by atoms with van der Waals surface area (Å²) >= 11 is 0. The lowest BCUT2D eigenvalue weighted by atomic mass is 10.0. The summed E-state index contributed by atoms with van der Waals surface area (Å²) in [7, 11) is 0. The molecular formula is C25H25N3O3. The Morgan fingerprint density at radius 2 is 1.55 bits per heavy atom. The van der Waals surface area contributed by atoms with E-state index >= 15 is 0 Å². The highest BCUT2D eigenvalue weighted by Gasteiger charge is 2.43. The van der Waals surface area contributed by atoms with E-state index in [1.165, 1.54) is 22.7 Å². The highest BCUT2D eigenvalue weighted by Crippen LogP contribution is 2.40. The molecule has 1 aliphatic heterocycles. The zero-order chi connectivity index (χ0) is 21.4. The first kappa shape index (κ1) is 19.5. The number of nitrogens with zero attached hydrogens (tertiary/aromatic N) is 3. The molecule has 2 fully saturated rings. The second-order valence-electron chi connectivity index (χ2n) is 8.51. The van der Waals surface area contributed by atoms with Crippen molar-refractivity contribution in [2.75, 3.05) is 13.1 Å². The summed E-state index contributed by atoms with van der Waals surface area (Å²) in [5.74, 6) is 1.65. The Morgan fingerprint density at radius 3 is 2.16 bits per heavy atom. The van der Waals surface area contributed by atoms with Gasteiger partial charge in [-0.1, -0.05) is 42.5 Å². The number of Topliss-reactive ketones (excluding diaryl/α,β-unsaturated/α-hetero) is 1. The summed E-state index contributed by atoms with van der Waals surface area (Å²) in [6.07, 6.45) is 3.65. The van der Waals surface area contributed by atoms with Crippen LogP contribution in [0.2, 0.25) is 0 Å². The van der Waals surface area contributed by atoms with Gasteiger partial charge < -0.3 is 9.64 Å². The number of ketones is 1.